The van der Waals surface area contributed by atoms with Gasteiger partial charge in [0, 0.05) is 11.7 Å². The number of halogens is 2. The summed E-state index contributed by atoms with van der Waals surface area (Å²) in [7, 11) is 0. The van der Waals surface area contributed by atoms with Crippen LogP contribution in [0.15, 0.2) is 48.5 Å². The highest BCUT2D eigenvalue weighted by molar-refractivity contribution is 6.42. The lowest BCUT2D eigenvalue weighted by molar-refractivity contribution is 0.154. The van der Waals surface area contributed by atoms with Gasteiger partial charge in [-0.15, -0.1) is 0 Å². The zero-order valence-electron chi connectivity index (χ0n) is 11.8. The molecule has 3 N–H and O–H groups in total. The van der Waals surface area contributed by atoms with Crippen molar-refractivity contribution < 1.29 is 9.53 Å². The van der Waals surface area contributed by atoms with Crippen molar-refractivity contribution in [2.75, 3.05) is 11.9 Å². The van der Waals surface area contributed by atoms with Crippen LogP contribution in [-0.4, -0.2) is 18.7 Å². The van der Waals surface area contributed by atoms with Gasteiger partial charge in [-0.05, 0) is 30.2 Å². The number of benzene rings is 2. The number of ether oxygens (including phenoxy) is 1. The first-order chi connectivity index (χ1) is 10.5. The number of nitrogens with one attached hydrogen (secondary N) is 1. The van der Waals surface area contributed by atoms with Crippen molar-refractivity contribution in [3.63, 3.8) is 0 Å². The summed E-state index contributed by atoms with van der Waals surface area (Å²) in [6.07, 6.45) is 0.0582. The number of hydrogen-bond acceptors (Lipinski definition) is 3. The summed E-state index contributed by atoms with van der Waals surface area (Å²) >= 11 is 11.7. The summed E-state index contributed by atoms with van der Waals surface area (Å²) in [6.45, 7) is 0.127. The number of nitrogens with two attached hydrogens (primary N) is 1. The molecule has 0 aliphatic rings. The van der Waals surface area contributed by atoms with E-state index in [2.05, 4.69) is 5.32 Å². The normalized spacial score (nSPS) is 11.8. The topological polar surface area (TPSA) is 64.3 Å². The molecule has 0 heterocycles. The van der Waals surface area contributed by atoms with Crippen molar-refractivity contribution in [3.05, 3.63) is 64.1 Å². The van der Waals surface area contributed by atoms with Crippen molar-refractivity contribution >= 4 is 35.0 Å². The van der Waals surface area contributed by atoms with Gasteiger partial charge >= 0.3 is 6.09 Å². The molecular weight excluding hydrogens is 323 g/mol. The Bertz CT molecular complexity index is 635. The Morgan fingerprint density at radius 2 is 1.86 bits per heavy atom. The third-order valence-corrected chi connectivity index (χ3v) is 3.67. The third kappa shape index (κ3) is 5.22. The molecule has 2 aromatic rings. The average molecular weight is 339 g/mol. The molecule has 116 valence electrons. The van der Waals surface area contributed by atoms with E-state index in [1.807, 2.05) is 30.3 Å². The van der Waals surface area contributed by atoms with E-state index < -0.39 is 6.09 Å². The number of rotatable bonds is 5. The lowest BCUT2D eigenvalue weighted by Gasteiger charge is -2.13. The van der Waals surface area contributed by atoms with Gasteiger partial charge in [-0.2, -0.15) is 0 Å². The third-order valence-electron chi connectivity index (χ3n) is 2.94. The quantitative estimate of drug-likeness (QED) is 0.862. The van der Waals surface area contributed by atoms with Gasteiger partial charge in [-0.1, -0.05) is 53.5 Å². The lowest BCUT2D eigenvalue weighted by atomic mass is 10.1. The minimum atomic E-state index is -0.582. The smallest absolute Gasteiger partial charge is 0.411 e. The van der Waals surface area contributed by atoms with Crippen LogP contribution in [0.25, 0.3) is 0 Å². The van der Waals surface area contributed by atoms with Gasteiger partial charge in [-0.3, -0.25) is 5.32 Å². The molecule has 6 heteroatoms. The Balaban J connectivity index is 1.78. The minimum absolute atomic E-state index is 0.127. The van der Waals surface area contributed by atoms with E-state index in [0.717, 1.165) is 5.56 Å². The molecule has 4 nitrogen and oxygen atoms in total. The maximum atomic E-state index is 11.7. The zero-order valence-corrected chi connectivity index (χ0v) is 13.3. The van der Waals surface area contributed by atoms with Crippen LogP contribution >= 0.6 is 23.2 Å². The Labute approximate surface area is 139 Å². The predicted molar refractivity (Wildman–Crippen MR) is 89.6 cm³/mol. The van der Waals surface area contributed by atoms with Gasteiger partial charge in [-0.25, -0.2) is 4.79 Å². The molecule has 1 amide bonds. The van der Waals surface area contributed by atoms with Crippen LogP contribution in [0, 0.1) is 0 Å². The van der Waals surface area contributed by atoms with Gasteiger partial charge in [0.1, 0.15) is 6.61 Å². The molecule has 2 aromatic carbocycles. The fourth-order valence-electron chi connectivity index (χ4n) is 1.89. The summed E-state index contributed by atoms with van der Waals surface area (Å²) in [5.74, 6) is 0. The van der Waals surface area contributed by atoms with Gasteiger partial charge < -0.3 is 10.5 Å². The fourth-order valence-corrected chi connectivity index (χ4v) is 2.18. The second-order valence-corrected chi connectivity index (χ2v) is 5.62. The second-order valence-electron chi connectivity index (χ2n) is 4.80. The highest BCUT2D eigenvalue weighted by Crippen LogP contribution is 2.25. The van der Waals surface area contributed by atoms with Crippen LogP contribution in [0.2, 0.25) is 10.0 Å². The largest absolute Gasteiger partial charge is 0.448 e. The summed E-state index contributed by atoms with van der Waals surface area (Å²) in [5, 5.41) is 3.35. The van der Waals surface area contributed by atoms with E-state index in [9.17, 15) is 4.79 Å². The molecule has 2 rings (SSSR count). The van der Waals surface area contributed by atoms with Gasteiger partial charge in [0.25, 0.3) is 0 Å². The molecule has 0 aromatic heterocycles. The van der Waals surface area contributed by atoms with Crippen molar-refractivity contribution in [1.29, 1.82) is 0 Å². The summed E-state index contributed by atoms with van der Waals surface area (Å²) < 4.78 is 5.10. The molecule has 0 radical (unpaired) electrons. The van der Waals surface area contributed by atoms with Crippen LogP contribution in [0.5, 0.6) is 0 Å². The van der Waals surface area contributed by atoms with Crippen molar-refractivity contribution in [2.24, 2.45) is 5.73 Å². The van der Waals surface area contributed by atoms with Gasteiger partial charge in [0.2, 0.25) is 0 Å². The second kappa shape index (κ2) is 8.03. The molecule has 0 fully saturated rings. The first kappa shape index (κ1) is 16.6. The molecule has 0 aliphatic heterocycles. The van der Waals surface area contributed by atoms with Crippen LogP contribution in [0.4, 0.5) is 10.5 Å². The predicted octanol–water partition coefficient (Wildman–Crippen LogP) is 4.11. The van der Waals surface area contributed by atoms with E-state index in [1.165, 1.54) is 0 Å². The zero-order chi connectivity index (χ0) is 15.9. The maximum Gasteiger partial charge on any atom is 0.411 e. The highest BCUT2D eigenvalue weighted by atomic mass is 35.5. The Kier molecular flexibility index (Phi) is 6.07. The molecule has 0 saturated heterocycles. The molecule has 0 saturated carbocycles. The van der Waals surface area contributed by atoms with Crippen LogP contribution in [0.3, 0.4) is 0 Å². The van der Waals surface area contributed by atoms with E-state index in [1.54, 1.807) is 18.2 Å². The molecule has 0 bridgehead atoms. The van der Waals surface area contributed by atoms with E-state index in [0.29, 0.717) is 22.2 Å². The first-order valence-electron chi connectivity index (χ1n) is 6.73. The molecule has 0 spiro atoms. The van der Waals surface area contributed by atoms with Crippen molar-refractivity contribution in [1.82, 2.24) is 0 Å². The molecule has 22 heavy (non-hydrogen) atoms. The highest BCUT2D eigenvalue weighted by Gasteiger charge is 2.09. The number of carbonyl (C=O) groups is 1. The maximum absolute atomic E-state index is 11.7. The lowest BCUT2D eigenvalue weighted by Crippen LogP contribution is -2.31. The first-order valence-corrected chi connectivity index (χ1v) is 7.48. The number of anilines is 1. The Hall–Kier alpha value is -1.75. The summed E-state index contributed by atoms with van der Waals surface area (Å²) in [6, 6.07) is 14.3. The van der Waals surface area contributed by atoms with Crippen molar-refractivity contribution in [2.45, 2.75) is 12.5 Å². The summed E-state index contributed by atoms with van der Waals surface area (Å²) in [4.78, 5) is 11.7. The average Bonchev–Trinajstić information content (AvgIpc) is 2.50. The number of carbonyl (C=O) groups excluding carboxylic acids is 1. The van der Waals surface area contributed by atoms with E-state index in [-0.39, 0.29) is 12.6 Å². The molecule has 1 atom stereocenters. The van der Waals surface area contributed by atoms with E-state index in [4.69, 9.17) is 33.7 Å². The SMILES string of the molecule is NC(COC(=O)Nc1ccc(Cl)c(Cl)c1)Cc1ccccc1. The fraction of sp³-hybridized carbons (Fsp3) is 0.188. The van der Waals surface area contributed by atoms with Crippen LogP contribution in [0.1, 0.15) is 5.56 Å². The Morgan fingerprint density at radius 3 is 2.55 bits per heavy atom. The number of hydrogen-bond donors (Lipinski definition) is 2. The standard InChI is InChI=1S/C16H16Cl2N2O2/c17-14-7-6-13(9-15(14)18)20-16(21)22-10-12(19)8-11-4-2-1-3-5-11/h1-7,9,12H,8,10,19H2,(H,20,21). The molecular formula is C16H16Cl2N2O2. The van der Waals surface area contributed by atoms with E-state index >= 15 is 0 Å². The monoisotopic (exact) mass is 338 g/mol. The number of amides is 1. The Morgan fingerprint density at radius 1 is 1.14 bits per heavy atom. The summed E-state index contributed by atoms with van der Waals surface area (Å²) in [5.41, 5.74) is 7.56. The van der Waals surface area contributed by atoms with Gasteiger partial charge in [0.05, 0.1) is 10.0 Å². The van der Waals surface area contributed by atoms with Crippen LogP contribution in [-0.2, 0) is 11.2 Å². The van der Waals surface area contributed by atoms with Gasteiger partial charge in [0.15, 0.2) is 0 Å². The van der Waals surface area contributed by atoms with Crippen LogP contribution < -0.4 is 11.1 Å². The molecule has 0 aliphatic carbocycles. The minimum Gasteiger partial charge on any atom is -0.448 e. The van der Waals surface area contributed by atoms with Crippen molar-refractivity contribution in [3.8, 4) is 0 Å². The molecule has 1 unspecified atom stereocenters.